The number of carbonyl (C=O) groups is 1. The van der Waals surface area contributed by atoms with Crippen LogP contribution in [0.5, 0.6) is 0 Å². The number of anilines is 2. The van der Waals surface area contributed by atoms with E-state index in [0.717, 1.165) is 40.6 Å². The van der Waals surface area contributed by atoms with Crippen molar-refractivity contribution in [3.63, 3.8) is 0 Å². The summed E-state index contributed by atoms with van der Waals surface area (Å²) in [4.78, 5) is 19.0. The zero-order valence-electron chi connectivity index (χ0n) is 20.6. The molecule has 3 aliphatic rings. The van der Waals surface area contributed by atoms with Crippen molar-refractivity contribution >= 4 is 17.2 Å². The first kappa shape index (κ1) is 24.2. The number of nitrogens with zero attached hydrogens (tertiary/aromatic N) is 4. The third-order valence-corrected chi connectivity index (χ3v) is 7.46. The van der Waals surface area contributed by atoms with Crippen LogP contribution in [-0.2, 0) is 16.4 Å². The largest absolute Gasteiger partial charge is 0.433 e. The highest BCUT2D eigenvalue weighted by Crippen LogP contribution is 2.54. The van der Waals surface area contributed by atoms with Crippen LogP contribution in [0.2, 0.25) is 0 Å². The van der Waals surface area contributed by atoms with Gasteiger partial charge in [0, 0.05) is 36.0 Å². The van der Waals surface area contributed by atoms with Gasteiger partial charge in [0.05, 0.1) is 23.5 Å². The van der Waals surface area contributed by atoms with Gasteiger partial charge in [-0.1, -0.05) is 32.9 Å². The number of Topliss-reactive ketones (excluding diaryl/α,β-unsaturated/α-hetero) is 1. The second-order valence-electron chi connectivity index (χ2n) is 10.4. The Morgan fingerprint density at radius 1 is 1.14 bits per heavy atom. The van der Waals surface area contributed by atoms with E-state index in [1.54, 1.807) is 18.1 Å². The number of alkyl halides is 3. The maximum atomic E-state index is 13.6. The van der Waals surface area contributed by atoms with Gasteiger partial charge in [0.2, 0.25) is 0 Å². The Kier molecular flexibility index (Phi) is 5.57. The van der Waals surface area contributed by atoms with Crippen molar-refractivity contribution in [2.45, 2.75) is 57.8 Å². The smallest absolute Gasteiger partial charge is 0.362 e. The maximum Gasteiger partial charge on any atom is 0.433 e. The number of hydrogen-bond acceptors (Lipinski definition) is 6. The molecule has 9 heteroatoms. The molecule has 0 bridgehead atoms. The Morgan fingerprint density at radius 3 is 2.58 bits per heavy atom. The summed E-state index contributed by atoms with van der Waals surface area (Å²) in [6.07, 6.45) is -0.00400. The van der Waals surface area contributed by atoms with E-state index in [2.05, 4.69) is 41.3 Å². The van der Waals surface area contributed by atoms with Gasteiger partial charge in [0.15, 0.2) is 11.9 Å². The van der Waals surface area contributed by atoms with E-state index in [9.17, 15) is 18.0 Å². The molecule has 36 heavy (non-hydrogen) atoms. The zero-order chi connectivity index (χ0) is 25.9. The van der Waals surface area contributed by atoms with Crippen LogP contribution in [0, 0.1) is 5.41 Å². The molecule has 1 aromatic heterocycles. The first-order valence-corrected chi connectivity index (χ1v) is 12.0. The van der Waals surface area contributed by atoms with E-state index in [0.29, 0.717) is 18.5 Å². The number of rotatable bonds is 4. The van der Waals surface area contributed by atoms with Crippen molar-refractivity contribution in [2.24, 2.45) is 15.6 Å². The van der Waals surface area contributed by atoms with Gasteiger partial charge in [-0.05, 0) is 48.1 Å². The molecule has 188 valence electrons. The fraction of sp³-hybridized carbons (Fsp3) is 0.407. The Balaban J connectivity index is 1.61. The molecule has 1 unspecified atom stereocenters. The van der Waals surface area contributed by atoms with Gasteiger partial charge in [-0.15, -0.1) is 0 Å². The molecule has 0 fully saturated rings. The lowest BCUT2D eigenvalue weighted by atomic mass is 9.59. The fourth-order valence-electron chi connectivity index (χ4n) is 5.77. The van der Waals surface area contributed by atoms with Crippen molar-refractivity contribution in [3.05, 3.63) is 76.9 Å². The number of hydrogen-bond donors (Lipinski definition) is 1. The van der Waals surface area contributed by atoms with Crippen LogP contribution in [0.3, 0.4) is 0 Å². The van der Waals surface area contributed by atoms with Crippen LogP contribution in [-0.4, -0.2) is 24.0 Å². The van der Waals surface area contributed by atoms with Crippen LogP contribution in [0.15, 0.2) is 75.9 Å². The van der Waals surface area contributed by atoms with Gasteiger partial charge in [-0.2, -0.15) is 23.4 Å². The summed E-state index contributed by atoms with van der Waals surface area (Å²) >= 11 is 0. The molecule has 1 aromatic carbocycles. The molecule has 6 nitrogen and oxygen atoms in total. The minimum Gasteiger partial charge on any atom is -0.362 e. The second-order valence-corrected chi connectivity index (χ2v) is 10.4. The first-order chi connectivity index (χ1) is 17.0. The van der Waals surface area contributed by atoms with Crippen molar-refractivity contribution < 1.29 is 18.0 Å². The first-order valence-electron chi connectivity index (χ1n) is 12.0. The van der Waals surface area contributed by atoms with Crippen LogP contribution >= 0.6 is 0 Å². The zero-order valence-corrected chi connectivity index (χ0v) is 20.6. The van der Waals surface area contributed by atoms with Crippen molar-refractivity contribution in [2.75, 3.05) is 11.9 Å². The van der Waals surface area contributed by atoms with Crippen LogP contribution in [0.1, 0.15) is 51.3 Å². The SMILES string of the molecule is CC[C@@]1(c2cccc(N(C)c3ccc(C(F)(F)F)nc3)c2)C2=CN=NC2NC2=C1C(=O)CC(C)(C)C2. The number of pyridine rings is 1. The molecule has 0 amide bonds. The fourth-order valence-corrected chi connectivity index (χ4v) is 5.77. The van der Waals surface area contributed by atoms with Gasteiger partial charge in [0.25, 0.3) is 0 Å². The lowest BCUT2D eigenvalue weighted by Gasteiger charge is -2.48. The third-order valence-electron chi connectivity index (χ3n) is 7.46. The van der Waals surface area contributed by atoms with Crippen LogP contribution in [0.4, 0.5) is 24.5 Å². The molecule has 2 aromatic rings. The highest BCUT2D eigenvalue weighted by molar-refractivity contribution is 6.01. The number of allylic oxidation sites excluding steroid dienone is 2. The average molecular weight is 496 g/mol. The van der Waals surface area contributed by atoms with Crippen molar-refractivity contribution in [3.8, 4) is 0 Å². The van der Waals surface area contributed by atoms with E-state index < -0.39 is 17.3 Å². The molecule has 2 atom stereocenters. The quantitative estimate of drug-likeness (QED) is 0.530. The van der Waals surface area contributed by atoms with Crippen LogP contribution in [0.25, 0.3) is 0 Å². The number of ketones is 1. The normalized spacial score (nSPS) is 24.7. The molecule has 0 saturated carbocycles. The Hall–Kier alpha value is -3.49. The van der Waals surface area contributed by atoms with E-state index in [1.165, 1.54) is 12.3 Å². The Labute approximate surface area is 208 Å². The minimum absolute atomic E-state index is 0.118. The number of carbonyl (C=O) groups excluding carboxylic acids is 1. The van der Waals surface area contributed by atoms with E-state index in [-0.39, 0.29) is 17.4 Å². The topological polar surface area (TPSA) is 70.0 Å². The predicted molar refractivity (Wildman–Crippen MR) is 131 cm³/mol. The van der Waals surface area contributed by atoms with Crippen molar-refractivity contribution in [1.29, 1.82) is 0 Å². The lowest BCUT2D eigenvalue weighted by Crippen LogP contribution is -2.51. The molecule has 1 aliphatic carbocycles. The summed E-state index contributed by atoms with van der Waals surface area (Å²) in [6.45, 7) is 6.26. The van der Waals surface area contributed by atoms with Gasteiger partial charge < -0.3 is 10.2 Å². The van der Waals surface area contributed by atoms with Gasteiger partial charge in [-0.3, -0.25) is 4.79 Å². The molecule has 0 spiro atoms. The molecule has 2 aliphatic heterocycles. The monoisotopic (exact) mass is 495 g/mol. The third kappa shape index (κ3) is 3.81. The number of aromatic nitrogens is 1. The number of fused-ring (bicyclic) bond motifs is 1. The molecule has 0 radical (unpaired) electrons. The highest BCUT2D eigenvalue weighted by Gasteiger charge is 2.53. The second kappa shape index (κ2) is 8.28. The summed E-state index contributed by atoms with van der Waals surface area (Å²) in [5.41, 5.74) is 3.08. The minimum atomic E-state index is -4.49. The Bertz CT molecular complexity index is 1310. The van der Waals surface area contributed by atoms with Crippen molar-refractivity contribution in [1.82, 2.24) is 10.3 Å². The predicted octanol–water partition coefficient (Wildman–Crippen LogP) is 6.44. The molecule has 1 N–H and O–H groups in total. The average Bonchev–Trinajstić information content (AvgIpc) is 3.30. The maximum absolute atomic E-state index is 13.6. The van der Waals surface area contributed by atoms with Crippen LogP contribution < -0.4 is 10.2 Å². The summed E-state index contributed by atoms with van der Waals surface area (Å²) in [5, 5.41) is 12.1. The summed E-state index contributed by atoms with van der Waals surface area (Å²) < 4.78 is 38.9. The molecular weight excluding hydrogens is 467 g/mol. The van der Waals surface area contributed by atoms with E-state index >= 15 is 0 Å². The molecular formula is C27H28F3N5O. The van der Waals surface area contributed by atoms with Gasteiger partial charge >= 0.3 is 6.18 Å². The number of halogens is 3. The molecule has 5 rings (SSSR count). The summed E-state index contributed by atoms with van der Waals surface area (Å²) in [5.74, 6) is 0.118. The molecule has 0 saturated heterocycles. The standard InChI is InChI=1S/C27H28F3N5O/c1-5-26(19-15-32-34-24(19)33-20-12-25(2,3)13-21(36)23(20)26)16-7-6-8-17(11-16)35(4)18-9-10-22(31-14-18)27(28,29)30/h6-11,14-15,24,33H,5,12-13H2,1-4H3/t24?,26-/m1/s1. The number of azo groups is 1. The Morgan fingerprint density at radius 2 is 1.92 bits per heavy atom. The van der Waals surface area contributed by atoms with Gasteiger partial charge in [-0.25, -0.2) is 4.98 Å². The van der Waals surface area contributed by atoms with E-state index in [4.69, 9.17) is 0 Å². The number of nitrogens with one attached hydrogen (secondary N) is 1. The lowest BCUT2D eigenvalue weighted by molar-refractivity contribution is -0.141. The number of benzene rings is 1. The molecule has 3 heterocycles. The van der Waals surface area contributed by atoms with E-state index in [1.807, 2.05) is 24.3 Å². The summed E-state index contributed by atoms with van der Waals surface area (Å²) in [6, 6.07) is 10.2. The highest BCUT2D eigenvalue weighted by atomic mass is 19.4. The summed E-state index contributed by atoms with van der Waals surface area (Å²) in [7, 11) is 1.78. The van der Waals surface area contributed by atoms with Gasteiger partial charge in [0.1, 0.15) is 5.69 Å².